The van der Waals surface area contributed by atoms with E-state index in [0.717, 1.165) is 34.5 Å². The Bertz CT molecular complexity index is 951. The summed E-state index contributed by atoms with van der Waals surface area (Å²) in [5, 5.41) is 11.4. The third kappa shape index (κ3) is 3.63. The van der Waals surface area contributed by atoms with Crippen molar-refractivity contribution in [1.29, 1.82) is 5.26 Å². The van der Waals surface area contributed by atoms with Crippen LogP contribution in [0.4, 0.5) is 0 Å². The monoisotopic (exact) mass is 330 g/mol. The highest BCUT2D eigenvalue weighted by molar-refractivity contribution is 7.80. The number of aryl methyl sites for hydroxylation is 1. The van der Waals surface area contributed by atoms with Gasteiger partial charge in [0, 0.05) is 12.1 Å². The minimum absolute atomic E-state index is 0.759. The van der Waals surface area contributed by atoms with E-state index in [1.165, 1.54) is 0 Å². The molecule has 0 aliphatic heterocycles. The number of benzene rings is 2. The van der Waals surface area contributed by atoms with Crippen LogP contribution >= 0.6 is 0 Å². The van der Waals surface area contributed by atoms with Gasteiger partial charge in [0.15, 0.2) is 0 Å². The van der Waals surface area contributed by atoms with Crippen LogP contribution in [0.2, 0.25) is 0 Å². The fraction of sp³-hybridized carbons (Fsp3) is 0.125. The van der Waals surface area contributed by atoms with Crippen molar-refractivity contribution >= 4 is 32.2 Å². The lowest BCUT2D eigenvalue weighted by Gasteiger charge is -2.04. The van der Waals surface area contributed by atoms with Crippen LogP contribution in [-0.2, 0) is 21.6 Å². The molecule has 0 aliphatic carbocycles. The Morgan fingerprint density at radius 1 is 1.04 bits per heavy atom. The summed E-state index contributed by atoms with van der Waals surface area (Å²) in [6.45, 7) is 0. The van der Waals surface area contributed by atoms with E-state index >= 15 is 0 Å². The third-order valence-corrected chi connectivity index (χ3v) is 3.79. The van der Waals surface area contributed by atoms with Crippen molar-refractivity contribution in [2.24, 2.45) is 7.05 Å². The highest BCUT2D eigenvalue weighted by Gasteiger charge is 2.16. The summed E-state index contributed by atoms with van der Waals surface area (Å²) in [4.78, 5) is 0. The van der Waals surface area contributed by atoms with Gasteiger partial charge in [0.1, 0.15) is 13.1 Å². The molecule has 23 heavy (non-hydrogen) atoms. The molecule has 3 rings (SSSR count). The number of para-hydroxylation sites is 2. The van der Waals surface area contributed by atoms with Gasteiger partial charge >= 0.3 is 0 Å². The first-order valence-electron chi connectivity index (χ1n) is 6.60. The van der Waals surface area contributed by atoms with Gasteiger partial charge < -0.3 is 4.55 Å². The fourth-order valence-electron chi connectivity index (χ4n) is 2.35. The molecule has 0 N–H and O–H groups in total. The molecule has 0 saturated carbocycles. The Morgan fingerprint density at radius 3 is 1.78 bits per heavy atom. The summed E-state index contributed by atoms with van der Waals surface area (Å²) < 4.78 is 33.2. The van der Waals surface area contributed by atoms with Gasteiger partial charge in [-0.2, -0.15) is 9.83 Å². The molecule has 0 bridgehead atoms. The summed E-state index contributed by atoms with van der Waals surface area (Å²) in [6, 6.07) is 18.4. The number of pyridine rings is 1. The van der Waals surface area contributed by atoms with Gasteiger partial charge in [-0.05, 0) is 12.1 Å². The lowest BCUT2D eigenvalue weighted by atomic mass is 10.0. The van der Waals surface area contributed by atoms with Crippen LogP contribution in [0.25, 0.3) is 21.8 Å². The van der Waals surface area contributed by atoms with Crippen molar-refractivity contribution in [3.8, 4) is 6.07 Å². The van der Waals surface area contributed by atoms with E-state index in [1.807, 2.05) is 55.6 Å². The first kappa shape index (κ1) is 16.8. The fourth-order valence-corrected chi connectivity index (χ4v) is 2.35. The van der Waals surface area contributed by atoms with Gasteiger partial charge in [-0.1, -0.05) is 24.3 Å². The Balaban J connectivity index is 0.000000277. The quantitative estimate of drug-likeness (QED) is 0.293. The number of nitriles is 1. The second-order valence-corrected chi connectivity index (χ2v) is 5.80. The lowest BCUT2D eigenvalue weighted by Crippen LogP contribution is -2.30. The lowest BCUT2D eigenvalue weighted by molar-refractivity contribution is -0.617. The van der Waals surface area contributed by atoms with Crippen LogP contribution < -0.4 is 4.57 Å². The van der Waals surface area contributed by atoms with E-state index in [9.17, 15) is 18.2 Å². The molecule has 7 heteroatoms. The van der Waals surface area contributed by atoms with Crippen molar-refractivity contribution in [3.63, 3.8) is 0 Å². The van der Waals surface area contributed by atoms with Gasteiger partial charge in [-0.3, -0.25) is 4.18 Å². The smallest absolute Gasteiger partial charge is 0.217 e. The van der Waals surface area contributed by atoms with Crippen LogP contribution in [0.15, 0.2) is 48.5 Å². The summed E-state index contributed by atoms with van der Waals surface area (Å²) in [5.41, 5.74) is 2.93. The molecular weight excluding hydrogens is 316 g/mol. The van der Waals surface area contributed by atoms with E-state index in [4.69, 9.17) is 0 Å². The van der Waals surface area contributed by atoms with Crippen LogP contribution in [-0.4, -0.2) is 20.1 Å². The second-order valence-electron chi connectivity index (χ2n) is 4.66. The van der Waals surface area contributed by atoms with Gasteiger partial charge in [0.05, 0.1) is 23.4 Å². The molecule has 0 unspecified atom stereocenters. The maximum atomic E-state index is 9.37. The van der Waals surface area contributed by atoms with E-state index < -0.39 is 10.4 Å². The molecule has 1 heterocycles. The maximum Gasteiger partial charge on any atom is 0.217 e. The average Bonchev–Trinajstić information content (AvgIpc) is 2.55. The summed E-state index contributed by atoms with van der Waals surface area (Å²) in [7, 11) is -1.57. The first-order valence-corrected chi connectivity index (χ1v) is 7.93. The molecule has 0 radical (unpaired) electrons. The number of fused-ring (bicyclic) bond motifs is 2. The van der Waals surface area contributed by atoms with Crippen LogP contribution in [0.3, 0.4) is 0 Å². The SMILES string of the molecule is COS(=O)(=O)[O-].C[n+]1c2ccccc2c(C#N)c2ccccc21. The average molecular weight is 330 g/mol. The molecule has 0 saturated heterocycles. The van der Waals surface area contributed by atoms with E-state index in [0.29, 0.717) is 0 Å². The topological polar surface area (TPSA) is 94.1 Å². The first-order chi connectivity index (χ1) is 10.9. The van der Waals surface area contributed by atoms with Crippen LogP contribution in [0.1, 0.15) is 5.56 Å². The van der Waals surface area contributed by atoms with Crippen LogP contribution in [0, 0.1) is 11.3 Å². The van der Waals surface area contributed by atoms with Crippen LogP contribution in [0.5, 0.6) is 0 Å². The molecule has 2 aromatic carbocycles. The Morgan fingerprint density at radius 2 is 1.43 bits per heavy atom. The van der Waals surface area contributed by atoms with Crippen molar-refractivity contribution in [1.82, 2.24) is 0 Å². The Kier molecular flexibility index (Phi) is 4.91. The largest absolute Gasteiger partial charge is 0.726 e. The Hall–Kier alpha value is -2.53. The molecule has 1 aromatic heterocycles. The normalized spacial score (nSPS) is 10.9. The number of hydrogen-bond donors (Lipinski definition) is 0. The molecule has 0 fully saturated rings. The molecule has 118 valence electrons. The second kappa shape index (κ2) is 6.71. The number of rotatable bonds is 1. The molecule has 6 nitrogen and oxygen atoms in total. The molecule has 0 spiro atoms. The zero-order valence-corrected chi connectivity index (χ0v) is 13.4. The molecule has 3 aromatic rings. The summed E-state index contributed by atoms with van der Waals surface area (Å²) in [5.74, 6) is 0. The maximum absolute atomic E-state index is 9.37. The zero-order chi connectivity index (χ0) is 17.0. The highest BCUT2D eigenvalue weighted by Crippen LogP contribution is 2.23. The van der Waals surface area contributed by atoms with E-state index in [1.54, 1.807) is 0 Å². The van der Waals surface area contributed by atoms with Crippen molar-refractivity contribution in [2.45, 2.75) is 0 Å². The van der Waals surface area contributed by atoms with Gasteiger partial charge in [0.25, 0.3) is 0 Å². The van der Waals surface area contributed by atoms with Crippen molar-refractivity contribution < 1.29 is 21.7 Å². The standard InChI is InChI=1S/C15H11N2.CH4O4S/c1-17-14-8-4-2-6-11(14)13(10-16)12-7-3-5-9-15(12)17;1-5-6(2,3)4/h2-9H,1H3;1H3,(H,2,3,4)/q+1;/p-1. The molecule has 0 aliphatic rings. The van der Waals surface area contributed by atoms with Gasteiger partial charge in [0.2, 0.25) is 21.4 Å². The molecule has 0 atom stereocenters. The Labute approximate surface area is 134 Å². The minimum atomic E-state index is -4.41. The minimum Gasteiger partial charge on any atom is -0.726 e. The van der Waals surface area contributed by atoms with Gasteiger partial charge in [-0.15, -0.1) is 0 Å². The summed E-state index contributed by atoms with van der Waals surface area (Å²) in [6.07, 6.45) is 0. The predicted octanol–water partition coefficient (Wildman–Crippen LogP) is 1.78. The number of hydrogen-bond acceptors (Lipinski definition) is 5. The van der Waals surface area contributed by atoms with Crippen molar-refractivity contribution in [3.05, 3.63) is 54.1 Å². The molecular formula is C16H14N2O4S. The highest BCUT2D eigenvalue weighted by atomic mass is 32.3. The summed E-state index contributed by atoms with van der Waals surface area (Å²) >= 11 is 0. The molecule has 0 amide bonds. The van der Waals surface area contributed by atoms with Gasteiger partial charge in [-0.25, -0.2) is 8.42 Å². The third-order valence-electron chi connectivity index (χ3n) is 3.39. The van der Waals surface area contributed by atoms with Crippen molar-refractivity contribution in [2.75, 3.05) is 7.11 Å². The van der Waals surface area contributed by atoms with E-state index in [-0.39, 0.29) is 0 Å². The van der Waals surface area contributed by atoms with E-state index in [2.05, 4.69) is 14.8 Å². The number of aromatic nitrogens is 1. The number of nitrogens with zero attached hydrogens (tertiary/aromatic N) is 2. The zero-order valence-electron chi connectivity index (χ0n) is 12.6. The predicted molar refractivity (Wildman–Crippen MR) is 84.1 cm³/mol.